The minimum absolute atomic E-state index is 0.0168. The summed E-state index contributed by atoms with van der Waals surface area (Å²) in [6, 6.07) is 5.89. The summed E-state index contributed by atoms with van der Waals surface area (Å²) in [6.07, 6.45) is 0. The van der Waals surface area contributed by atoms with Crippen LogP contribution in [0.25, 0.3) is 0 Å². The highest BCUT2D eigenvalue weighted by atomic mass is 32.2. The summed E-state index contributed by atoms with van der Waals surface area (Å²) in [5.74, 6) is -3.71. The topological polar surface area (TPSA) is 90.0 Å². The molecule has 0 saturated heterocycles. The van der Waals surface area contributed by atoms with E-state index in [4.69, 9.17) is 9.47 Å². The number of ether oxygens (including phenoxy) is 2. The van der Waals surface area contributed by atoms with Gasteiger partial charge in [0.1, 0.15) is 22.3 Å². The first kappa shape index (κ1) is 21.5. The first-order valence-electron chi connectivity index (χ1n) is 7.84. The highest BCUT2D eigenvalue weighted by Crippen LogP contribution is 2.27. The van der Waals surface area contributed by atoms with Crippen LogP contribution in [0, 0.1) is 11.6 Å². The second-order valence-electron chi connectivity index (χ2n) is 5.78. The normalized spacial score (nSPS) is 11.4. The van der Waals surface area contributed by atoms with E-state index in [1.54, 1.807) is 0 Å². The van der Waals surface area contributed by atoms with Crippen LogP contribution in [-0.4, -0.2) is 52.3 Å². The van der Waals surface area contributed by atoms with Crippen LogP contribution in [0.2, 0.25) is 0 Å². The Morgan fingerprint density at radius 3 is 2.36 bits per heavy atom. The van der Waals surface area contributed by atoms with Crippen LogP contribution in [0.1, 0.15) is 20.7 Å². The number of nitrogens with zero attached hydrogens (tertiary/aromatic N) is 1. The van der Waals surface area contributed by atoms with Crippen molar-refractivity contribution in [1.82, 2.24) is 4.31 Å². The molecule has 10 heteroatoms. The molecule has 7 nitrogen and oxygen atoms in total. The number of Topliss-reactive ketones (excluding diaryl/α,β-unsaturated/α-hetero) is 1. The van der Waals surface area contributed by atoms with Crippen LogP contribution in [-0.2, 0) is 14.8 Å². The molecular weight excluding hydrogens is 396 g/mol. The number of hydrogen-bond donors (Lipinski definition) is 0. The zero-order chi connectivity index (χ0) is 21.1. The fourth-order valence-corrected chi connectivity index (χ4v) is 3.28. The lowest BCUT2D eigenvalue weighted by atomic mass is 10.1. The molecule has 0 fully saturated rings. The molecule has 2 aromatic carbocycles. The fraction of sp³-hybridized carbons (Fsp3) is 0.222. The zero-order valence-electron chi connectivity index (χ0n) is 15.2. The Hall–Kier alpha value is -2.85. The van der Waals surface area contributed by atoms with E-state index < -0.39 is 45.6 Å². The lowest BCUT2D eigenvalue weighted by molar-refractivity contribution is 0.0473. The van der Waals surface area contributed by atoms with Crippen LogP contribution < -0.4 is 4.74 Å². The lowest BCUT2D eigenvalue weighted by Crippen LogP contribution is -2.23. The van der Waals surface area contributed by atoms with Crippen molar-refractivity contribution in [2.75, 3.05) is 27.8 Å². The van der Waals surface area contributed by atoms with Crippen LogP contribution in [0.5, 0.6) is 5.75 Å². The average molecular weight is 413 g/mol. The van der Waals surface area contributed by atoms with Crippen molar-refractivity contribution in [3.05, 3.63) is 59.2 Å². The molecule has 0 unspecified atom stereocenters. The number of carbonyl (C=O) groups excluding carboxylic acids is 2. The summed E-state index contributed by atoms with van der Waals surface area (Å²) >= 11 is 0. The van der Waals surface area contributed by atoms with Gasteiger partial charge in [-0.25, -0.2) is 26.3 Å². The van der Waals surface area contributed by atoms with E-state index in [2.05, 4.69) is 0 Å². The Balaban J connectivity index is 2.23. The molecule has 0 heterocycles. The molecule has 0 aliphatic carbocycles. The number of hydrogen-bond acceptors (Lipinski definition) is 6. The third-order valence-corrected chi connectivity index (χ3v) is 5.56. The molecule has 0 radical (unpaired) electrons. The Morgan fingerprint density at radius 1 is 1.07 bits per heavy atom. The van der Waals surface area contributed by atoms with Gasteiger partial charge >= 0.3 is 5.97 Å². The number of carbonyl (C=O) groups is 2. The molecule has 28 heavy (non-hydrogen) atoms. The van der Waals surface area contributed by atoms with Crippen molar-refractivity contribution in [3.63, 3.8) is 0 Å². The van der Waals surface area contributed by atoms with Gasteiger partial charge in [-0.05, 0) is 36.4 Å². The van der Waals surface area contributed by atoms with Crippen molar-refractivity contribution in [2.45, 2.75) is 4.90 Å². The Labute approximate surface area is 160 Å². The molecule has 0 N–H and O–H groups in total. The number of rotatable bonds is 7. The monoisotopic (exact) mass is 413 g/mol. The second kappa shape index (κ2) is 8.44. The highest BCUT2D eigenvalue weighted by Gasteiger charge is 2.24. The molecular formula is C18H17F2NO6S. The van der Waals surface area contributed by atoms with Crippen molar-refractivity contribution in [3.8, 4) is 5.75 Å². The summed E-state index contributed by atoms with van der Waals surface area (Å²) in [5, 5.41) is 0. The lowest BCUT2D eigenvalue weighted by Gasteiger charge is -2.15. The summed E-state index contributed by atoms with van der Waals surface area (Å²) in [7, 11) is -0.0230. The number of sulfonamides is 1. The Bertz CT molecular complexity index is 1020. The molecule has 150 valence electrons. The van der Waals surface area contributed by atoms with Crippen molar-refractivity contribution in [1.29, 1.82) is 0 Å². The predicted molar refractivity (Wildman–Crippen MR) is 94.8 cm³/mol. The Morgan fingerprint density at radius 2 is 1.75 bits per heavy atom. The summed E-state index contributed by atoms with van der Waals surface area (Å²) in [4.78, 5) is 23.9. The SMILES string of the molecule is COc1ccc(C(=O)OCC(=O)c2cc(F)ccc2F)cc1S(=O)(=O)N(C)C. The Kier molecular flexibility index (Phi) is 6.47. The largest absolute Gasteiger partial charge is 0.495 e. The molecule has 0 bridgehead atoms. The third-order valence-electron chi connectivity index (χ3n) is 3.72. The van der Waals surface area contributed by atoms with Gasteiger partial charge in [0.2, 0.25) is 15.8 Å². The van der Waals surface area contributed by atoms with E-state index in [0.717, 1.165) is 22.5 Å². The van der Waals surface area contributed by atoms with Crippen molar-refractivity contribution >= 4 is 21.8 Å². The van der Waals surface area contributed by atoms with E-state index in [0.29, 0.717) is 6.07 Å². The summed E-state index contributed by atoms with van der Waals surface area (Å²) < 4.78 is 62.3. The molecule has 0 saturated carbocycles. The maximum Gasteiger partial charge on any atom is 0.338 e. The second-order valence-corrected chi connectivity index (χ2v) is 7.90. The number of benzene rings is 2. The molecule has 0 atom stereocenters. The van der Waals surface area contributed by atoms with Gasteiger partial charge in [0.05, 0.1) is 18.2 Å². The van der Waals surface area contributed by atoms with Gasteiger partial charge in [-0.3, -0.25) is 4.79 Å². The van der Waals surface area contributed by atoms with E-state index in [-0.39, 0.29) is 16.2 Å². The van der Waals surface area contributed by atoms with E-state index in [1.807, 2.05) is 0 Å². The maximum atomic E-state index is 13.6. The fourth-order valence-electron chi connectivity index (χ4n) is 2.21. The van der Waals surface area contributed by atoms with Crippen molar-refractivity contribution < 1.29 is 36.3 Å². The van der Waals surface area contributed by atoms with E-state index in [1.165, 1.54) is 33.3 Å². The standard InChI is InChI=1S/C18H17F2NO6S/c1-21(2)28(24,25)17-8-11(4-7-16(17)26-3)18(23)27-10-15(22)13-9-12(19)5-6-14(13)20/h4-9H,10H2,1-3H3. The zero-order valence-corrected chi connectivity index (χ0v) is 16.0. The molecule has 2 rings (SSSR count). The first-order chi connectivity index (χ1) is 13.1. The third kappa shape index (κ3) is 4.52. The van der Waals surface area contributed by atoms with Gasteiger partial charge in [-0.15, -0.1) is 0 Å². The van der Waals surface area contributed by atoms with E-state index >= 15 is 0 Å². The van der Waals surface area contributed by atoms with Crippen LogP contribution in [0.15, 0.2) is 41.3 Å². The van der Waals surface area contributed by atoms with Crippen molar-refractivity contribution in [2.24, 2.45) is 0 Å². The average Bonchev–Trinajstić information content (AvgIpc) is 2.66. The molecule has 0 spiro atoms. The van der Waals surface area contributed by atoms with Crippen LogP contribution in [0.3, 0.4) is 0 Å². The van der Waals surface area contributed by atoms with Gasteiger partial charge < -0.3 is 9.47 Å². The molecule has 0 aliphatic heterocycles. The smallest absolute Gasteiger partial charge is 0.338 e. The predicted octanol–water partition coefficient (Wildman–Crippen LogP) is 2.26. The molecule has 0 aromatic heterocycles. The van der Waals surface area contributed by atoms with Crippen LogP contribution >= 0.6 is 0 Å². The molecule has 0 aliphatic rings. The minimum Gasteiger partial charge on any atom is -0.495 e. The summed E-state index contributed by atoms with van der Waals surface area (Å²) in [5.41, 5.74) is -0.716. The molecule has 2 aromatic rings. The van der Waals surface area contributed by atoms with Crippen LogP contribution in [0.4, 0.5) is 8.78 Å². The number of ketones is 1. The molecule has 0 amide bonds. The van der Waals surface area contributed by atoms with Gasteiger partial charge in [0.25, 0.3) is 0 Å². The number of esters is 1. The minimum atomic E-state index is -3.92. The first-order valence-corrected chi connectivity index (χ1v) is 9.28. The van der Waals surface area contributed by atoms with Gasteiger partial charge in [-0.1, -0.05) is 0 Å². The van der Waals surface area contributed by atoms with Gasteiger partial charge in [0, 0.05) is 14.1 Å². The summed E-state index contributed by atoms with van der Waals surface area (Å²) in [6.45, 7) is -0.846. The van der Waals surface area contributed by atoms with Gasteiger partial charge in [-0.2, -0.15) is 0 Å². The number of methoxy groups -OCH3 is 1. The number of halogens is 2. The highest BCUT2D eigenvalue weighted by molar-refractivity contribution is 7.89. The maximum absolute atomic E-state index is 13.6. The van der Waals surface area contributed by atoms with Gasteiger partial charge in [0.15, 0.2) is 6.61 Å². The quantitative estimate of drug-likeness (QED) is 0.511. The van der Waals surface area contributed by atoms with E-state index in [9.17, 15) is 26.8 Å².